The van der Waals surface area contributed by atoms with Gasteiger partial charge in [-0.2, -0.15) is 0 Å². The number of halogens is 1. The summed E-state index contributed by atoms with van der Waals surface area (Å²) in [7, 11) is 1.64. The van der Waals surface area contributed by atoms with E-state index in [2.05, 4.69) is 4.90 Å². The molecule has 1 aliphatic rings. The van der Waals surface area contributed by atoms with Crippen molar-refractivity contribution in [1.82, 2.24) is 4.90 Å². The Hall–Kier alpha value is -1.26. The molecule has 21 heavy (non-hydrogen) atoms. The van der Waals surface area contributed by atoms with Gasteiger partial charge in [-0.15, -0.1) is 0 Å². The first-order valence-electron chi connectivity index (χ1n) is 7.38. The molecule has 2 rings (SSSR count). The third kappa shape index (κ3) is 4.11. The van der Waals surface area contributed by atoms with Gasteiger partial charge in [0.25, 0.3) is 0 Å². The lowest BCUT2D eigenvalue weighted by molar-refractivity contribution is -0.151. The van der Waals surface area contributed by atoms with Gasteiger partial charge < -0.3 is 9.47 Å². The van der Waals surface area contributed by atoms with Gasteiger partial charge >= 0.3 is 5.97 Å². The Morgan fingerprint density at radius 2 is 2.24 bits per heavy atom. The van der Waals surface area contributed by atoms with Gasteiger partial charge in [0, 0.05) is 17.1 Å². The van der Waals surface area contributed by atoms with Crippen LogP contribution in [0, 0.1) is 0 Å². The first kappa shape index (κ1) is 16.1. The van der Waals surface area contributed by atoms with E-state index >= 15 is 0 Å². The van der Waals surface area contributed by atoms with Crippen molar-refractivity contribution in [2.75, 3.05) is 20.3 Å². The monoisotopic (exact) mass is 311 g/mol. The minimum atomic E-state index is -0.164. The van der Waals surface area contributed by atoms with Crippen LogP contribution >= 0.6 is 11.6 Å². The summed E-state index contributed by atoms with van der Waals surface area (Å²) < 4.78 is 10.6. The summed E-state index contributed by atoms with van der Waals surface area (Å²) in [5.74, 6) is 0.672. The molecular weight excluding hydrogens is 290 g/mol. The number of piperidine rings is 1. The summed E-state index contributed by atoms with van der Waals surface area (Å²) in [4.78, 5) is 14.3. The first-order valence-corrected chi connectivity index (χ1v) is 7.76. The Morgan fingerprint density at radius 3 is 2.95 bits per heavy atom. The first-order chi connectivity index (χ1) is 10.2. The van der Waals surface area contributed by atoms with E-state index in [0.717, 1.165) is 37.1 Å². The molecule has 0 spiro atoms. The van der Waals surface area contributed by atoms with Crippen molar-refractivity contribution in [3.63, 3.8) is 0 Å². The predicted octanol–water partition coefficient (Wildman–Crippen LogP) is 3.27. The van der Waals surface area contributed by atoms with Gasteiger partial charge in [-0.05, 0) is 44.5 Å². The summed E-state index contributed by atoms with van der Waals surface area (Å²) >= 11 is 6.07. The number of likely N-dealkylation sites (tertiary alicyclic amines) is 1. The molecule has 1 saturated heterocycles. The second-order valence-electron chi connectivity index (χ2n) is 5.19. The number of nitrogens with zero attached hydrogens (tertiary/aromatic N) is 1. The number of carbonyl (C=O) groups excluding carboxylic acids is 1. The Labute approximate surface area is 131 Å². The molecule has 0 N–H and O–H groups in total. The maximum atomic E-state index is 12.1. The fourth-order valence-electron chi connectivity index (χ4n) is 2.78. The number of ether oxygens (including phenoxy) is 2. The SMILES string of the molecule is CCOC(=O)C1CCCCN1Cc1cc(Cl)ccc1OC. The van der Waals surface area contributed by atoms with E-state index in [-0.39, 0.29) is 12.0 Å². The van der Waals surface area contributed by atoms with E-state index in [0.29, 0.717) is 18.2 Å². The third-order valence-electron chi connectivity index (χ3n) is 3.79. The van der Waals surface area contributed by atoms with Crippen LogP contribution in [0.3, 0.4) is 0 Å². The summed E-state index contributed by atoms with van der Waals surface area (Å²) in [6.07, 6.45) is 3.01. The highest BCUT2D eigenvalue weighted by Crippen LogP contribution is 2.27. The molecule has 1 heterocycles. The molecule has 4 nitrogen and oxygen atoms in total. The highest BCUT2D eigenvalue weighted by Gasteiger charge is 2.30. The fourth-order valence-corrected chi connectivity index (χ4v) is 2.97. The highest BCUT2D eigenvalue weighted by atomic mass is 35.5. The molecule has 0 amide bonds. The molecule has 0 aromatic heterocycles. The number of rotatable bonds is 5. The van der Waals surface area contributed by atoms with E-state index in [1.54, 1.807) is 7.11 Å². The van der Waals surface area contributed by atoms with Crippen molar-refractivity contribution in [3.05, 3.63) is 28.8 Å². The van der Waals surface area contributed by atoms with Gasteiger partial charge in [0.2, 0.25) is 0 Å². The lowest BCUT2D eigenvalue weighted by Gasteiger charge is -2.34. The number of hydrogen-bond acceptors (Lipinski definition) is 4. The molecule has 1 aromatic carbocycles. The molecule has 0 bridgehead atoms. The molecule has 1 aromatic rings. The Balaban J connectivity index is 2.15. The predicted molar refractivity (Wildman–Crippen MR) is 82.7 cm³/mol. The average molecular weight is 312 g/mol. The average Bonchev–Trinajstić information content (AvgIpc) is 2.48. The number of benzene rings is 1. The van der Waals surface area contributed by atoms with Crippen LogP contribution in [0.25, 0.3) is 0 Å². The molecular formula is C16H22ClNO3. The van der Waals surface area contributed by atoms with Crippen LogP contribution in [-0.4, -0.2) is 37.2 Å². The maximum absolute atomic E-state index is 12.1. The molecule has 1 fully saturated rings. The maximum Gasteiger partial charge on any atom is 0.323 e. The van der Waals surface area contributed by atoms with E-state index in [1.807, 2.05) is 25.1 Å². The van der Waals surface area contributed by atoms with Crippen molar-refractivity contribution >= 4 is 17.6 Å². The van der Waals surface area contributed by atoms with Gasteiger partial charge in [0.05, 0.1) is 13.7 Å². The van der Waals surface area contributed by atoms with Gasteiger partial charge in [-0.3, -0.25) is 9.69 Å². The van der Waals surface area contributed by atoms with Crippen molar-refractivity contribution in [3.8, 4) is 5.75 Å². The molecule has 1 unspecified atom stereocenters. The van der Waals surface area contributed by atoms with E-state index in [9.17, 15) is 4.79 Å². The zero-order valence-electron chi connectivity index (χ0n) is 12.6. The van der Waals surface area contributed by atoms with Crippen molar-refractivity contribution in [2.24, 2.45) is 0 Å². The highest BCUT2D eigenvalue weighted by molar-refractivity contribution is 6.30. The summed E-state index contributed by atoms with van der Waals surface area (Å²) in [6, 6.07) is 5.41. The summed E-state index contributed by atoms with van der Waals surface area (Å²) in [5, 5.41) is 0.676. The van der Waals surface area contributed by atoms with Crippen molar-refractivity contribution in [2.45, 2.75) is 38.8 Å². The van der Waals surface area contributed by atoms with Crippen LogP contribution in [0.2, 0.25) is 5.02 Å². The van der Waals surface area contributed by atoms with Crippen molar-refractivity contribution in [1.29, 1.82) is 0 Å². The van der Waals surface area contributed by atoms with Crippen LogP contribution in [-0.2, 0) is 16.1 Å². The van der Waals surface area contributed by atoms with Crippen LogP contribution in [0.15, 0.2) is 18.2 Å². The lowest BCUT2D eigenvalue weighted by Crippen LogP contribution is -2.45. The van der Waals surface area contributed by atoms with E-state index < -0.39 is 0 Å². The van der Waals surface area contributed by atoms with Crippen LogP contribution in [0.5, 0.6) is 5.75 Å². The molecule has 0 saturated carbocycles. The van der Waals surface area contributed by atoms with Crippen LogP contribution in [0.1, 0.15) is 31.7 Å². The van der Waals surface area contributed by atoms with E-state index in [4.69, 9.17) is 21.1 Å². The standard InChI is InChI=1S/C16H22ClNO3/c1-3-21-16(19)14-6-4-5-9-18(14)11-12-10-13(17)7-8-15(12)20-2/h7-8,10,14H,3-6,9,11H2,1-2H3. The van der Waals surface area contributed by atoms with Gasteiger partial charge in [-0.1, -0.05) is 18.0 Å². The molecule has 0 aliphatic carbocycles. The van der Waals surface area contributed by atoms with Crippen LogP contribution in [0.4, 0.5) is 0 Å². The van der Waals surface area contributed by atoms with Crippen molar-refractivity contribution < 1.29 is 14.3 Å². The third-order valence-corrected chi connectivity index (χ3v) is 4.02. The van der Waals surface area contributed by atoms with Gasteiger partial charge in [-0.25, -0.2) is 0 Å². The number of carbonyl (C=O) groups is 1. The van der Waals surface area contributed by atoms with Gasteiger partial charge in [0.1, 0.15) is 11.8 Å². The normalized spacial score (nSPS) is 19.3. The zero-order chi connectivity index (χ0) is 15.2. The molecule has 1 aliphatic heterocycles. The Kier molecular flexibility index (Phi) is 5.88. The Bertz CT molecular complexity index is 492. The zero-order valence-corrected chi connectivity index (χ0v) is 13.4. The quantitative estimate of drug-likeness (QED) is 0.782. The number of esters is 1. The molecule has 0 radical (unpaired) electrons. The number of hydrogen-bond donors (Lipinski definition) is 0. The molecule has 116 valence electrons. The van der Waals surface area contributed by atoms with Crippen LogP contribution < -0.4 is 4.74 Å². The summed E-state index contributed by atoms with van der Waals surface area (Å²) in [5.41, 5.74) is 1.00. The summed E-state index contributed by atoms with van der Waals surface area (Å²) in [6.45, 7) is 3.79. The minimum Gasteiger partial charge on any atom is -0.496 e. The lowest BCUT2D eigenvalue weighted by atomic mass is 10.0. The second-order valence-corrected chi connectivity index (χ2v) is 5.63. The Morgan fingerprint density at radius 1 is 1.43 bits per heavy atom. The smallest absolute Gasteiger partial charge is 0.323 e. The second kappa shape index (κ2) is 7.66. The molecule has 1 atom stereocenters. The molecule has 5 heteroatoms. The largest absolute Gasteiger partial charge is 0.496 e. The number of methoxy groups -OCH3 is 1. The van der Waals surface area contributed by atoms with Gasteiger partial charge in [0.15, 0.2) is 0 Å². The van der Waals surface area contributed by atoms with E-state index in [1.165, 1.54) is 0 Å². The minimum absolute atomic E-state index is 0.127. The topological polar surface area (TPSA) is 38.8 Å². The fraction of sp³-hybridized carbons (Fsp3) is 0.562.